The van der Waals surface area contributed by atoms with E-state index < -0.39 is 0 Å². The number of hydrogen-bond acceptors (Lipinski definition) is 3. The van der Waals surface area contributed by atoms with Crippen molar-refractivity contribution in [2.75, 3.05) is 0 Å². The molecule has 0 aromatic heterocycles. The van der Waals surface area contributed by atoms with Gasteiger partial charge < -0.3 is 9.84 Å². The fourth-order valence-corrected chi connectivity index (χ4v) is 3.03. The maximum Gasteiger partial charge on any atom is 0.306 e. The van der Waals surface area contributed by atoms with E-state index >= 15 is 0 Å². The van der Waals surface area contributed by atoms with Crippen LogP contribution in [0.3, 0.4) is 0 Å². The maximum absolute atomic E-state index is 11.5. The second-order valence-corrected chi connectivity index (χ2v) is 7.58. The Bertz CT molecular complexity index is 291. The van der Waals surface area contributed by atoms with Crippen molar-refractivity contribution >= 4 is 5.97 Å². The van der Waals surface area contributed by atoms with Gasteiger partial charge in [-0.05, 0) is 32.6 Å². The third-order valence-corrected chi connectivity index (χ3v) is 4.97. The minimum absolute atomic E-state index is 0.0226. The molecule has 0 spiro atoms. The summed E-state index contributed by atoms with van der Waals surface area (Å²) < 4.78 is 5.24. The summed E-state index contributed by atoms with van der Waals surface area (Å²) in [6.45, 7) is 6.20. The van der Waals surface area contributed by atoms with E-state index in [1.807, 2.05) is 13.8 Å². The number of aliphatic hydroxyl groups is 1. The van der Waals surface area contributed by atoms with Crippen LogP contribution in [0.25, 0.3) is 0 Å². The van der Waals surface area contributed by atoms with Crippen molar-refractivity contribution in [2.24, 2.45) is 0 Å². The van der Waals surface area contributed by atoms with Crippen LogP contribution in [0.1, 0.15) is 124 Å². The maximum atomic E-state index is 11.5. The first-order valence-electron chi connectivity index (χ1n) is 11.0. The Morgan fingerprint density at radius 1 is 0.800 bits per heavy atom. The topological polar surface area (TPSA) is 46.5 Å². The van der Waals surface area contributed by atoms with E-state index in [1.165, 1.54) is 57.8 Å². The molecule has 0 saturated heterocycles. The summed E-state index contributed by atoms with van der Waals surface area (Å²) in [5, 5.41) is 10.0. The van der Waals surface area contributed by atoms with Crippen LogP contribution in [0, 0.1) is 0 Å². The lowest BCUT2D eigenvalue weighted by atomic mass is 10.0. The molecular formula is C22H44O3. The number of esters is 1. The van der Waals surface area contributed by atoms with Crippen LogP contribution in [0.5, 0.6) is 0 Å². The predicted octanol–water partition coefficient (Wildman–Crippen LogP) is 6.56. The largest absolute Gasteiger partial charge is 0.463 e. The summed E-state index contributed by atoms with van der Waals surface area (Å²) >= 11 is 0. The molecule has 0 bridgehead atoms. The van der Waals surface area contributed by atoms with Crippen molar-refractivity contribution in [3.63, 3.8) is 0 Å². The molecule has 0 heterocycles. The second kappa shape index (κ2) is 18.2. The molecule has 0 aliphatic heterocycles. The Kier molecular flexibility index (Phi) is 17.8. The summed E-state index contributed by atoms with van der Waals surface area (Å²) in [4.78, 5) is 11.5. The smallest absolute Gasteiger partial charge is 0.306 e. The number of unbranched alkanes of at least 4 members (excludes halogenated alkanes) is 10. The van der Waals surface area contributed by atoms with E-state index in [1.54, 1.807) is 0 Å². The van der Waals surface area contributed by atoms with Crippen LogP contribution >= 0.6 is 0 Å². The van der Waals surface area contributed by atoms with Crippen molar-refractivity contribution in [1.82, 2.24) is 0 Å². The Hall–Kier alpha value is -0.570. The van der Waals surface area contributed by atoms with Gasteiger partial charge in [-0.15, -0.1) is 0 Å². The molecule has 25 heavy (non-hydrogen) atoms. The third kappa shape index (κ3) is 18.0. The average molecular weight is 357 g/mol. The summed E-state index contributed by atoms with van der Waals surface area (Å²) in [5.74, 6) is -0.0986. The second-order valence-electron chi connectivity index (χ2n) is 7.58. The van der Waals surface area contributed by atoms with E-state index in [4.69, 9.17) is 4.74 Å². The number of rotatable bonds is 18. The fraction of sp³-hybridized carbons (Fsp3) is 0.955. The Labute approximate surface area is 156 Å². The van der Waals surface area contributed by atoms with E-state index in [0.29, 0.717) is 6.42 Å². The van der Waals surface area contributed by atoms with Gasteiger partial charge in [-0.2, -0.15) is 0 Å². The highest BCUT2D eigenvalue weighted by Gasteiger charge is 2.08. The summed E-state index contributed by atoms with van der Waals surface area (Å²) in [6, 6.07) is 0. The molecule has 0 aromatic rings. The van der Waals surface area contributed by atoms with Gasteiger partial charge in [0, 0.05) is 6.42 Å². The molecule has 0 aliphatic rings. The lowest BCUT2D eigenvalue weighted by Gasteiger charge is -2.12. The van der Waals surface area contributed by atoms with Gasteiger partial charge in [0.15, 0.2) is 0 Å². The van der Waals surface area contributed by atoms with Gasteiger partial charge in [0.1, 0.15) is 0 Å². The van der Waals surface area contributed by atoms with Gasteiger partial charge in [0.25, 0.3) is 0 Å². The van der Waals surface area contributed by atoms with Crippen LogP contribution in [0.15, 0.2) is 0 Å². The molecule has 3 heteroatoms. The van der Waals surface area contributed by atoms with E-state index in [-0.39, 0.29) is 18.2 Å². The Balaban J connectivity index is 3.30. The molecule has 0 aliphatic carbocycles. The van der Waals surface area contributed by atoms with Crippen molar-refractivity contribution < 1.29 is 14.6 Å². The first kappa shape index (κ1) is 24.4. The Morgan fingerprint density at radius 2 is 1.28 bits per heavy atom. The standard InChI is InChI=1S/C22H44O3/c1-4-6-7-8-9-10-11-12-13-14-17-21(23)18-15-16-19-22(24)25-20(3)5-2/h20-21,23H,4-19H2,1-3H3. The number of aliphatic hydroxyl groups excluding tert-OH is 1. The van der Waals surface area contributed by atoms with Crippen LogP contribution in [0.4, 0.5) is 0 Å². The normalized spacial score (nSPS) is 13.6. The van der Waals surface area contributed by atoms with Crippen molar-refractivity contribution in [1.29, 1.82) is 0 Å². The molecule has 2 unspecified atom stereocenters. The van der Waals surface area contributed by atoms with Gasteiger partial charge in [-0.25, -0.2) is 0 Å². The van der Waals surface area contributed by atoms with Crippen molar-refractivity contribution in [3.05, 3.63) is 0 Å². The number of carbonyl (C=O) groups is 1. The molecule has 3 nitrogen and oxygen atoms in total. The van der Waals surface area contributed by atoms with Crippen LogP contribution in [-0.4, -0.2) is 23.3 Å². The van der Waals surface area contributed by atoms with Gasteiger partial charge in [0.05, 0.1) is 12.2 Å². The monoisotopic (exact) mass is 356 g/mol. The molecule has 0 aromatic carbocycles. The molecule has 0 radical (unpaired) electrons. The zero-order valence-electron chi connectivity index (χ0n) is 17.2. The predicted molar refractivity (Wildman–Crippen MR) is 107 cm³/mol. The molecule has 0 saturated carbocycles. The SMILES string of the molecule is CCCCCCCCCCCCC(O)CCCCC(=O)OC(C)CC. The van der Waals surface area contributed by atoms with Crippen LogP contribution < -0.4 is 0 Å². The number of hydrogen-bond donors (Lipinski definition) is 1. The Morgan fingerprint density at radius 3 is 1.80 bits per heavy atom. The fourth-order valence-electron chi connectivity index (χ4n) is 3.03. The number of carbonyl (C=O) groups excluding carboxylic acids is 1. The van der Waals surface area contributed by atoms with Crippen molar-refractivity contribution in [2.45, 2.75) is 136 Å². The van der Waals surface area contributed by atoms with E-state index in [9.17, 15) is 9.90 Å². The van der Waals surface area contributed by atoms with Crippen LogP contribution in [0.2, 0.25) is 0 Å². The first-order valence-corrected chi connectivity index (χ1v) is 11.0. The van der Waals surface area contributed by atoms with E-state index in [0.717, 1.165) is 38.5 Å². The molecule has 0 rings (SSSR count). The summed E-state index contributed by atoms with van der Waals surface area (Å²) in [5.41, 5.74) is 0. The van der Waals surface area contributed by atoms with Gasteiger partial charge >= 0.3 is 5.97 Å². The minimum Gasteiger partial charge on any atom is -0.463 e. The zero-order valence-corrected chi connectivity index (χ0v) is 17.2. The minimum atomic E-state index is -0.195. The molecule has 0 fully saturated rings. The van der Waals surface area contributed by atoms with Gasteiger partial charge in [-0.3, -0.25) is 4.79 Å². The molecule has 0 amide bonds. The zero-order chi connectivity index (χ0) is 18.8. The highest BCUT2D eigenvalue weighted by molar-refractivity contribution is 5.69. The van der Waals surface area contributed by atoms with E-state index in [2.05, 4.69) is 6.92 Å². The number of ether oxygens (including phenoxy) is 1. The van der Waals surface area contributed by atoms with Gasteiger partial charge in [-0.1, -0.05) is 84.5 Å². The third-order valence-electron chi connectivity index (χ3n) is 4.97. The molecule has 150 valence electrons. The summed E-state index contributed by atoms with van der Waals surface area (Å²) in [6.07, 6.45) is 17.9. The highest BCUT2D eigenvalue weighted by atomic mass is 16.5. The van der Waals surface area contributed by atoms with Crippen molar-refractivity contribution in [3.8, 4) is 0 Å². The lowest BCUT2D eigenvalue weighted by molar-refractivity contribution is -0.148. The first-order chi connectivity index (χ1) is 12.1. The average Bonchev–Trinajstić information content (AvgIpc) is 2.60. The van der Waals surface area contributed by atoms with Crippen LogP contribution in [-0.2, 0) is 9.53 Å². The van der Waals surface area contributed by atoms with Gasteiger partial charge in [0.2, 0.25) is 0 Å². The lowest BCUT2D eigenvalue weighted by Crippen LogP contribution is -2.13. The quantitative estimate of drug-likeness (QED) is 0.223. The molecular weight excluding hydrogens is 312 g/mol. The molecule has 1 N–H and O–H groups in total. The summed E-state index contributed by atoms with van der Waals surface area (Å²) in [7, 11) is 0. The highest BCUT2D eigenvalue weighted by Crippen LogP contribution is 2.14. The molecule has 2 atom stereocenters.